The van der Waals surface area contributed by atoms with Crippen LogP contribution in [-0.2, 0) is 17.7 Å². The molecule has 5 nitrogen and oxygen atoms in total. The summed E-state index contributed by atoms with van der Waals surface area (Å²) in [7, 11) is 1.57. The van der Waals surface area contributed by atoms with E-state index in [9.17, 15) is 14.0 Å². The molecule has 0 saturated heterocycles. The Bertz CT molecular complexity index is 1130. The molecule has 0 aliphatic carbocycles. The highest BCUT2D eigenvalue weighted by Crippen LogP contribution is 2.23. The van der Waals surface area contributed by atoms with Gasteiger partial charge in [-0.1, -0.05) is 6.07 Å². The Labute approximate surface area is 168 Å². The SMILES string of the molecule is COCCn1c(C)cc2oc(=O)c(C)c(Cc3ccc(I)cc3F)c2c1=O. The zero-order valence-corrected chi connectivity index (χ0v) is 17.4. The molecule has 0 unspecified atom stereocenters. The van der Waals surface area contributed by atoms with Crippen molar-refractivity contribution in [2.24, 2.45) is 0 Å². The van der Waals surface area contributed by atoms with Crippen molar-refractivity contribution in [3.05, 3.63) is 76.8 Å². The lowest BCUT2D eigenvalue weighted by Crippen LogP contribution is -2.26. The standard InChI is InChI=1S/C20H19FINO4/c1-11-8-17-18(19(24)23(11)6-7-26-3)15(12(2)20(25)27-17)9-13-4-5-14(22)10-16(13)21/h4-5,8,10H,6-7,9H2,1-3H3. The molecule has 2 heterocycles. The van der Waals surface area contributed by atoms with Gasteiger partial charge >= 0.3 is 5.63 Å². The third kappa shape index (κ3) is 3.84. The Hall–Kier alpha value is -2.00. The molecule has 142 valence electrons. The summed E-state index contributed by atoms with van der Waals surface area (Å²) in [4.78, 5) is 25.4. The Morgan fingerprint density at radius 3 is 2.63 bits per heavy atom. The molecule has 0 radical (unpaired) electrons. The number of rotatable bonds is 5. The van der Waals surface area contributed by atoms with E-state index in [1.165, 1.54) is 6.07 Å². The third-order valence-corrected chi connectivity index (χ3v) is 5.31. The molecule has 3 aromatic rings. The maximum atomic E-state index is 14.4. The fraction of sp³-hybridized carbons (Fsp3) is 0.300. The minimum absolute atomic E-state index is 0.138. The first-order valence-electron chi connectivity index (χ1n) is 8.43. The van der Waals surface area contributed by atoms with Crippen LogP contribution in [0.2, 0.25) is 0 Å². The summed E-state index contributed by atoms with van der Waals surface area (Å²) in [5, 5.41) is 0.312. The van der Waals surface area contributed by atoms with Gasteiger partial charge in [0.25, 0.3) is 5.56 Å². The number of hydrogen-bond donors (Lipinski definition) is 0. The van der Waals surface area contributed by atoms with Crippen LogP contribution in [0.3, 0.4) is 0 Å². The van der Waals surface area contributed by atoms with E-state index >= 15 is 0 Å². The van der Waals surface area contributed by atoms with Gasteiger partial charge in [0.15, 0.2) is 0 Å². The summed E-state index contributed by atoms with van der Waals surface area (Å²) in [6.45, 7) is 4.13. The third-order valence-electron chi connectivity index (χ3n) is 4.64. The highest BCUT2D eigenvalue weighted by molar-refractivity contribution is 14.1. The monoisotopic (exact) mass is 483 g/mol. The van der Waals surface area contributed by atoms with E-state index < -0.39 is 5.63 Å². The Morgan fingerprint density at radius 2 is 1.96 bits per heavy atom. The molecule has 0 aliphatic heterocycles. The number of ether oxygens (including phenoxy) is 1. The van der Waals surface area contributed by atoms with E-state index in [0.717, 1.165) is 3.57 Å². The van der Waals surface area contributed by atoms with Gasteiger partial charge in [-0.15, -0.1) is 0 Å². The Kier molecular flexibility index (Phi) is 5.81. The molecule has 7 heteroatoms. The van der Waals surface area contributed by atoms with E-state index in [1.54, 1.807) is 43.7 Å². The van der Waals surface area contributed by atoms with Crippen LogP contribution >= 0.6 is 22.6 Å². The van der Waals surface area contributed by atoms with Crippen LogP contribution in [0.5, 0.6) is 0 Å². The predicted molar refractivity (Wildman–Crippen MR) is 110 cm³/mol. The topological polar surface area (TPSA) is 61.4 Å². The fourth-order valence-corrected chi connectivity index (χ4v) is 3.58. The number of fused-ring (bicyclic) bond motifs is 1. The van der Waals surface area contributed by atoms with Gasteiger partial charge in [-0.05, 0) is 59.7 Å². The molecule has 0 bridgehead atoms. The first-order chi connectivity index (χ1) is 12.8. The average molecular weight is 483 g/mol. The number of methoxy groups -OCH3 is 1. The van der Waals surface area contributed by atoms with E-state index in [4.69, 9.17) is 9.15 Å². The Balaban J connectivity index is 2.28. The van der Waals surface area contributed by atoms with Crippen LogP contribution in [0, 0.1) is 23.2 Å². The van der Waals surface area contributed by atoms with Crippen molar-refractivity contribution in [3.8, 4) is 0 Å². The van der Waals surface area contributed by atoms with Crippen LogP contribution < -0.4 is 11.2 Å². The maximum Gasteiger partial charge on any atom is 0.339 e. The summed E-state index contributed by atoms with van der Waals surface area (Å²) >= 11 is 2.04. The average Bonchev–Trinajstić information content (AvgIpc) is 2.60. The summed E-state index contributed by atoms with van der Waals surface area (Å²) in [6, 6.07) is 6.57. The van der Waals surface area contributed by atoms with Crippen molar-refractivity contribution in [3.63, 3.8) is 0 Å². The quantitative estimate of drug-likeness (QED) is 0.521. The zero-order chi connectivity index (χ0) is 19.7. The van der Waals surface area contributed by atoms with Crippen molar-refractivity contribution in [1.29, 1.82) is 0 Å². The summed E-state index contributed by atoms with van der Waals surface area (Å²) in [5.74, 6) is -0.366. The molecule has 2 aromatic heterocycles. The number of hydrogen-bond acceptors (Lipinski definition) is 4. The normalized spacial score (nSPS) is 11.3. The number of nitrogens with zero attached hydrogens (tertiary/aromatic N) is 1. The van der Waals surface area contributed by atoms with Crippen LogP contribution in [0.25, 0.3) is 11.0 Å². The highest BCUT2D eigenvalue weighted by atomic mass is 127. The molecule has 0 aliphatic rings. The van der Waals surface area contributed by atoms with E-state index in [0.29, 0.717) is 40.9 Å². The smallest absolute Gasteiger partial charge is 0.339 e. The molecule has 0 spiro atoms. The van der Waals surface area contributed by atoms with Crippen molar-refractivity contribution in [1.82, 2.24) is 4.57 Å². The Morgan fingerprint density at radius 1 is 1.22 bits per heavy atom. The van der Waals surface area contributed by atoms with Gasteiger partial charge in [-0.2, -0.15) is 0 Å². The van der Waals surface area contributed by atoms with Gasteiger partial charge in [-0.3, -0.25) is 4.79 Å². The molecule has 27 heavy (non-hydrogen) atoms. The lowest BCUT2D eigenvalue weighted by molar-refractivity contribution is 0.185. The van der Waals surface area contributed by atoms with E-state index in [1.807, 2.05) is 22.6 Å². The first kappa shape index (κ1) is 19.8. The lowest BCUT2D eigenvalue weighted by atomic mass is 9.98. The van der Waals surface area contributed by atoms with Crippen molar-refractivity contribution >= 4 is 33.6 Å². The molecule has 0 amide bonds. The van der Waals surface area contributed by atoms with Crippen LogP contribution in [0.1, 0.15) is 22.4 Å². The van der Waals surface area contributed by atoms with Gasteiger partial charge in [0.05, 0.1) is 12.0 Å². The van der Waals surface area contributed by atoms with Crippen LogP contribution in [-0.4, -0.2) is 18.3 Å². The number of aryl methyl sites for hydroxylation is 1. The largest absolute Gasteiger partial charge is 0.422 e. The number of aromatic nitrogens is 1. The van der Waals surface area contributed by atoms with Gasteiger partial charge in [0, 0.05) is 41.0 Å². The molecule has 0 saturated carbocycles. The second-order valence-electron chi connectivity index (χ2n) is 6.38. The highest BCUT2D eigenvalue weighted by Gasteiger charge is 2.18. The van der Waals surface area contributed by atoms with Crippen molar-refractivity contribution < 1.29 is 13.5 Å². The molecule has 0 N–H and O–H groups in total. The number of pyridine rings is 1. The molecule has 1 aromatic carbocycles. The maximum absolute atomic E-state index is 14.4. The predicted octanol–water partition coefficient (Wildman–Crippen LogP) is 3.55. The van der Waals surface area contributed by atoms with E-state index in [-0.39, 0.29) is 23.4 Å². The molecular formula is C20H19FINO4. The summed E-state index contributed by atoms with van der Waals surface area (Å²) in [6.07, 6.45) is 0.138. The van der Waals surface area contributed by atoms with Crippen LogP contribution in [0.15, 0.2) is 38.3 Å². The van der Waals surface area contributed by atoms with Crippen molar-refractivity contribution in [2.75, 3.05) is 13.7 Å². The lowest BCUT2D eigenvalue weighted by Gasteiger charge is -2.14. The minimum atomic E-state index is -0.517. The zero-order valence-electron chi connectivity index (χ0n) is 15.3. The van der Waals surface area contributed by atoms with Gasteiger partial charge < -0.3 is 13.7 Å². The van der Waals surface area contributed by atoms with Gasteiger partial charge in [-0.25, -0.2) is 9.18 Å². The van der Waals surface area contributed by atoms with E-state index in [2.05, 4.69) is 0 Å². The molecule has 0 fully saturated rings. The van der Waals surface area contributed by atoms with Crippen molar-refractivity contribution in [2.45, 2.75) is 26.8 Å². The summed E-state index contributed by atoms with van der Waals surface area (Å²) < 4.78 is 27.2. The second-order valence-corrected chi connectivity index (χ2v) is 7.63. The second kappa shape index (κ2) is 7.93. The molecule has 0 atom stereocenters. The summed E-state index contributed by atoms with van der Waals surface area (Å²) in [5.41, 5.74) is 1.35. The van der Waals surface area contributed by atoms with Gasteiger partial charge in [0.2, 0.25) is 0 Å². The van der Waals surface area contributed by atoms with Crippen LogP contribution in [0.4, 0.5) is 4.39 Å². The fourth-order valence-electron chi connectivity index (χ4n) is 3.12. The molecular weight excluding hydrogens is 464 g/mol. The molecule has 3 rings (SSSR count). The minimum Gasteiger partial charge on any atom is -0.422 e. The van der Waals surface area contributed by atoms with Gasteiger partial charge in [0.1, 0.15) is 11.4 Å². The number of benzene rings is 1. The first-order valence-corrected chi connectivity index (χ1v) is 9.51. The number of halogens is 2.